The minimum atomic E-state index is -1.02. The molecule has 1 saturated heterocycles. The molecule has 0 aliphatic carbocycles. The van der Waals surface area contributed by atoms with Crippen LogP contribution in [-0.4, -0.2) is 64.6 Å². The van der Waals surface area contributed by atoms with E-state index in [0.29, 0.717) is 23.0 Å². The number of anilines is 1. The highest BCUT2D eigenvalue weighted by Gasteiger charge is 2.31. The lowest BCUT2D eigenvalue weighted by Gasteiger charge is -2.44. The van der Waals surface area contributed by atoms with Crippen molar-refractivity contribution in [3.05, 3.63) is 88.7 Å². The van der Waals surface area contributed by atoms with Gasteiger partial charge in [-0.1, -0.05) is 48.0 Å². The highest BCUT2D eigenvalue weighted by Crippen LogP contribution is 2.37. The van der Waals surface area contributed by atoms with Crippen molar-refractivity contribution in [1.82, 2.24) is 9.88 Å². The summed E-state index contributed by atoms with van der Waals surface area (Å²) in [5, 5.41) is 30.7. The molecule has 0 radical (unpaired) electrons. The summed E-state index contributed by atoms with van der Waals surface area (Å²) < 4.78 is 5.51. The maximum absolute atomic E-state index is 10.9. The minimum Gasteiger partial charge on any atom is -0.491 e. The van der Waals surface area contributed by atoms with Gasteiger partial charge in [-0.2, -0.15) is 0 Å². The predicted octanol–water partition coefficient (Wildman–Crippen LogP) is 3.93. The number of ether oxygens (including phenoxy) is 1. The van der Waals surface area contributed by atoms with Crippen LogP contribution in [0, 0.1) is 0 Å². The van der Waals surface area contributed by atoms with Crippen LogP contribution in [0.25, 0.3) is 0 Å². The highest BCUT2D eigenvalue weighted by molar-refractivity contribution is 6.33. The zero-order chi connectivity index (χ0) is 25.7. The van der Waals surface area contributed by atoms with Crippen molar-refractivity contribution in [2.24, 2.45) is 0 Å². The van der Waals surface area contributed by atoms with Crippen LogP contribution >= 0.6 is 11.6 Å². The van der Waals surface area contributed by atoms with Crippen molar-refractivity contribution in [1.29, 1.82) is 0 Å². The number of aliphatic hydroxyl groups is 3. The second-order valence-corrected chi connectivity index (χ2v) is 10.0. The lowest BCUT2D eigenvalue weighted by molar-refractivity contribution is 0.0732. The second kappa shape index (κ2) is 11.6. The first kappa shape index (κ1) is 26.4. The maximum Gasteiger partial charge on any atom is 0.121 e. The topological polar surface area (TPSA) is 89.3 Å². The molecule has 1 aliphatic rings. The fourth-order valence-corrected chi connectivity index (χ4v) is 4.82. The maximum atomic E-state index is 10.9. The number of aliphatic hydroxyl groups excluding tert-OH is 2. The number of rotatable bonds is 9. The first-order valence-corrected chi connectivity index (χ1v) is 12.6. The van der Waals surface area contributed by atoms with Crippen molar-refractivity contribution in [3.63, 3.8) is 0 Å². The van der Waals surface area contributed by atoms with Crippen LogP contribution < -0.4 is 9.64 Å². The summed E-state index contributed by atoms with van der Waals surface area (Å²) in [7, 11) is 0. The molecule has 1 unspecified atom stereocenters. The van der Waals surface area contributed by atoms with E-state index in [1.807, 2.05) is 36.4 Å². The van der Waals surface area contributed by atoms with Crippen LogP contribution in [0.1, 0.15) is 42.8 Å². The highest BCUT2D eigenvalue weighted by atomic mass is 35.5. The normalized spacial score (nSPS) is 17.7. The molecular weight excluding hydrogens is 478 g/mol. The molecule has 1 fully saturated rings. The fraction of sp³-hybridized carbons (Fsp3) is 0.393. The van der Waals surface area contributed by atoms with Crippen molar-refractivity contribution >= 4 is 17.3 Å². The molecule has 0 amide bonds. The molecule has 2 atom stereocenters. The summed E-state index contributed by atoms with van der Waals surface area (Å²) >= 11 is 6.68. The third-order valence-corrected chi connectivity index (χ3v) is 6.77. The quantitative estimate of drug-likeness (QED) is 0.401. The van der Waals surface area contributed by atoms with Gasteiger partial charge in [-0.15, -0.1) is 0 Å². The van der Waals surface area contributed by atoms with Gasteiger partial charge < -0.3 is 25.0 Å². The van der Waals surface area contributed by atoms with Crippen molar-refractivity contribution in [2.45, 2.75) is 31.6 Å². The first-order valence-electron chi connectivity index (χ1n) is 12.2. The molecule has 3 N–H and O–H groups in total. The Morgan fingerprint density at radius 2 is 1.89 bits per heavy atom. The number of halogens is 1. The van der Waals surface area contributed by atoms with Gasteiger partial charge in [0.15, 0.2) is 0 Å². The average molecular weight is 512 g/mol. The lowest BCUT2D eigenvalue weighted by Crippen LogP contribution is -2.49. The van der Waals surface area contributed by atoms with E-state index in [0.717, 1.165) is 30.9 Å². The van der Waals surface area contributed by atoms with E-state index >= 15 is 0 Å². The van der Waals surface area contributed by atoms with E-state index in [1.54, 1.807) is 32.2 Å². The molecule has 1 aromatic heterocycles. The van der Waals surface area contributed by atoms with Crippen LogP contribution in [0.15, 0.2) is 66.9 Å². The number of pyridine rings is 1. The number of aromatic nitrogens is 1. The van der Waals surface area contributed by atoms with E-state index in [-0.39, 0.29) is 19.3 Å². The number of nitrogens with zero attached hydrogens (tertiary/aromatic N) is 3. The molecule has 0 bridgehead atoms. The van der Waals surface area contributed by atoms with Gasteiger partial charge >= 0.3 is 0 Å². The summed E-state index contributed by atoms with van der Waals surface area (Å²) in [5.41, 5.74) is 2.37. The standard InChI is InChI=1S/C28H34ClN3O4/c1-28(2,35)27-11-8-21(17-30-27)26(34)19-31-12-13-32(25(18-31)20-6-4-3-5-7-20)24-10-9-22(16-23(24)29)36-15-14-33/h3-11,16-17,25-26,33-35H,12-15,18-19H2,1-2H3/t25-,26?/m0/s1. The second-order valence-electron chi connectivity index (χ2n) is 9.62. The van der Waals surface area contributed by atoms with Gasteiger partial charge in [-0.25, -0.2) is 0 Å². The number of hydrogen-bond acceptors (Lipinski definition) is 7. The summed E-state index contributed by atoms with van der Waals surface area (Å²) in [6.45, 7) is 6.24. The number of β-amino-alcohol motifs (C(OH)–C–C–N with tert-alkyl or cyclic N) is 1. The molecule has 0 spiro atoms. The number of hydrogen-bond donors (Lipinski definition) is 3. The van der Waals surface area contributed by atoms with Crippen molar-refractivity contribution < 1.29 is 20.1 Å². The van der Waals surface area contributed by atoms with Gasteiger partial charge in [0.2, 0.25) is 0 Å². The SMILES string of the molecule is CC(C)(O)c1ccc(C(O)CN2CCN(c3ccc(OCCO)cc3Cl)[C@H](c3ccccc3)C2)cn1. The fourth-order valence-electron chi connectivity index (χ4n) is 4.54. The largest absolute Gasteiger partial charge is 0.491 e. The van der Waals surface area contributed by atoms with Crippen LogP contribution in [-0.2, 0) is 5.60 Å². The molecule has 2 heterocycles. The van der Waals surface area contributed by atoms with Gasteiger partial charge in [-0.05, 0) is 37.6 Å². The van der Waals surface area contributed by atoms with E-state index in [4.69, 9.17) is 21.4 Å². The van der Waals surface area contributed by atoms with E-state index in [1.165, 1.54) is 5.56 Å². The molecule has 36 heavy (non-hydrogen) atoms. The summed E-state index contributed by atoms with van der Waals surface area (Å²) in [6.07, 6.45) is 0.950. The Balaban J connectivity index is 1.51. The third kappa shape index (κ3) is 6.35. The first-order chi connectivity index (χ1) is 17.3. The Morgan fingerprint density at radius 1 is 1.11 bits per heavy atom. The molecule has 3 aromatic rings. The van der Waals surface area contributed by atoms with Gasteiger partial charge in [0.1, 0.15) is 18.0 Å². The minimum absolute atomic E-state index is 0.0459. The average Bonchev–Trinajstić information content (AvgIpc) is 2.88. The Hall–Kier alpha value is -2.68. The Labute approximate surface area is 217 Å². The van der Waals surface area contributed by atoms with Crippen LogP contribution in [0.5, 0.6) is 5.75 Å². The molecule has 4 rings (SSSR count). The molecular formula is C28H34ClN3O4. The molecule has 0 saturated carbocycles. The van der Waals surface area contributed by atoms with Gasteiger partial charge in [-0.3, -0.25) is 9.88 Å². The molecule has 1 aliphatic heterocycles. The Morgan fingerprint density at radius 3 is 2.53 bits per heavy atom. The molecule has 2 aromatic carbocycles. The van der Waals surface area contributed by atoms with Gasteiger partial charge in [0.25, 0.3) is 0 Å². The summed E-state index contributed by atoms with van der Waals surface area (Å²) in [5.74, 6) is 0.625. The number of benzene rings is 2. The van der Waals surface area contributed by atoms with Gasteiger partial charge in [0, 0.05) is 44.0 Å². The summed E-state index contributed by atoms with van der Waals surface area (Å²) in [6, 6.07) is 19.6. The zero-order valence-corrected chi connectivity index (χ0v) is 21.5. The van der Waals surface area contributed by atoms with Gasteiger partial charge in [0.05, 0.1) is 35.2 Å². The summed E-state index contributed by atoms with van der Waals surface area (Å²) in [4.78, 5) is 8.90. The third-order valence-electron chi connectivity index (χ3n) is 6.47. The van der Waals surface area contributed by atoms with Crippen molar-refractivity contribution in [2.75, 3.05) is 44.3 Å². The van der Waals surface area contributed by atoms with Crippen molar-refractivity contribution in [3.8, 4) is 5.75 Å². The molecule has 8 heteroatoms. The van der Waals surface area contributed by atoms with E-state index < -0.39 is 11.7 Å². The van der Waals surface area contributed by atoms with Crippen LogP contribution in [0.4, 0.5) is 5.69 Å². The Bertz CT molecular complexity index is 1120. The zero-order valence-electron chi connectivity index (χ0n) is 20.7. The Kier molecular flexibility index (Phi) is 8.49. The van der Waals surface area contributed by atoms with Crippen LogP contribution in [0.3, 0.4) is 0 Å². The van der Waals surface area contributed by atoms with E-state index in [2.05, 4.69) is 26.9 Å². The van der Waals surface area contributed by atoms with E-state index in [9.17, 15) is 10.2 Å². The molecule has 192 valence electrons. The monoisotopic (exact) mass is 511 g/mol. The number of piperazine rings is 1. The predicted molar refractivity (Wildman–Crippen MR) is 141 cm³/mol. The lowest BCUT2D eigenvalue weighted by atomic mass is 10.00. The smallest absolute Gasteiger partial charge is 0.121 e. The van der Waals surface area contributed by atoms with Crippen LogP contribution in [0.2, 0.25) is 5.02 Å². The molecule has 7 nitrogen and oxygen atoms in total.